The Morgan fingerprint density at radius 2 is 2.14 bits per heavy atom. The van der Waals surface area contributed by atoms with Crippen LogP contribution in [0, 0.1) is 0 Å². The summed E-state index contributed by atoms with van der Waals surface area (Å²) in [5.41, 5.74) is 2.36. The van der Waals surface area contributed by atoms with Crippen molar-refractivity contribution in [2.45, 2.75) is 25.0 Å². The second-order valence-electron chi connectivity index (χ2n) is 5.63. The van der Waals surface area contributed by atoms with Crippen LogP contribution in [-0.4, -0.2) is 54.1 Å². The fraction of sp³-hybridized carbons (Fsp3) is 0.467. The first kappa shape index (κ1) is 14.0. The maximum atomic E-state index is 12.5. The number of aliphatic hydroxyl groups is 1. The van der Waals surface area contributed by atoms with Gasteiger partial charge in [0, 0.05) is 37.8 Å². The standard InChI is InChI=1S/C15H19N3O3/c1-18(12-7-16-8-13(12)19)15(21)10-2-4-11-9(6-10)3-5-14(20)17-11/h2,4,6,12-13,16,19H,3,5,7-8H2,1H3,(H,17,20)/t12-,13-/m0/s1. The maximum absolute atomic E-state index is 12.5. The van der Waals surface area contributed by atoms with Crippen LogP contribution in [0.5, 0.6) is 0 Å². The number of likely N-dealkylation sites (N-methyl/N-ethyl adjacent to an activating group) is 1. The molecule has 2 aliphatic rings. The minimum absolute atomic E-state index is 0.0128. The Hall–Kier alpha value is -1.92. The van der Waals surface area contributed by atoms with Crippen molar-refractivity contribution in [3.63, 3.8) is 0 Å². The Kier molecular flexibility index (Phi) is 3.65. The number of hydrogen-bond donors (Lipinski definition) is 3. The van der Waals surface area contributed by atoms with Crippen LogP contribution in [0.4, 0.5) is 5.69 Å². The predicted octanol–water partition coefficient (Wildman–Crippen LogP) is -0.0240. The van der Waals surface area contributed by atoms with E-state index in [0.29, 0.717) is 31.5 Å². The lowest BCUT2D eigenvalue weighted by atomic mass is 9.99. The first-order valence-corrected chi connectivity index (χ1v) is 7.15. The number of fused-ring (bicyclic) bond motifs is 1. The molecule has 0 unspecified atom stereocenters. The number of nitrogens with one attached hydrogen (secondary N) is 2. The lowest BCUT2D eigenvalue weighted by Crippen LogP contribution is -2.44. The van der Waals surface area contributed by atoms with Crippen molar-refractivity contribution >= 4 is 17.5 Å². The summed E-state index contributed by atoms with van der Waals surface area (Å²) < 4.78 is 0. The van der Waals surface area contributed by atoms with Gasteiger partial charge in [0.25, 0.3) is 5.91 Å². The maximum Gasteiger partial charge on any atom is 0.253 e. The molecular formula is C15H19N3O3. The number of β-amino-alcohol motifs (C(OH)–C–C–N with tert-alkyl or cyclic N) is 1. The fourth-order valence-electron chi connectivity index (χ4n) is 2.92. The van der Waals surface area contributed by atoms with Crippen molar-refractivity contribution in [1.29, 1.82) is 0 Å². The number of aryl methyl sites for hydroxylation is 1. The van der Waals surface area contributed by atoms with E-state index in [4.69, 9.17) is 0 Å². The van der Waals surface area contributed by atoms with E-state index in [1.54, 1.807) is 24.1 Å². The van der Waals surface area contributed by atoms with Crippen LogP contribution < -0.4 is 10.6 Å². The second-order valence-corrected chi connectivity index (χ2v) is 5.63. The third-order valence-electron chi connectivity index (χ3n) is 4.22. The number of hydrogen-bond acceptors (Lipinski definition) is 4. The van der Waals surface area contributed by atoms with E-state index >= 15 is 0 Å². The molecule has 1 fully saturated rings. The average molecular weight is 289 g/mol. The molecule has 21 heavy (non-hydrogen) atoms. The van der Waals surface area contributed by atoms with Crippen LogP contribution in [0.15, 0.2) is 18.2 Å². The van der Waals surface area contributed by atoms with Crippen LogP contribution in [-0.2, 0) is 11.2 Å². The summed E-state index contributed by atoms with van der Waals surface area (Å²) in [4.78, 5) is 25.5. The molecule has 2 amide bonds. The molecule has 3 rings (SSSR count). The smallest absolute Gasteiger partial charge is 0.253 e. The van der Waals surface area contributed by atoms with Crippen molar-refractivity contribution in [3.8, 4) is 0 Å². The number of nitrogens with zero attached hydrogens (tertiary/aromatic N) is 1. The highest BCUT2D eigenvalue weighted by Crippen LogP contribution is 2.24. The van der Waals surface area contributed by atoms with Gasteiger partial charge < -0.3 is 20.6 Å². The Morgan fingerprint density at radius 1 is 1.33 bits per heavy atom. The zero-order chi connectivity index (χ0) is 15.0. The monoisotopic (exact) mass is 289 g/mol. The van der Waals surface area contributed by atoms with Gasteiger partial charge in [-0.15, -0.1) is 0 Å². The number of amides is 2. The molecule has 0 saturated carbocycles. The highest BCUT2D eigenvalue weighted by Gasteiger charge is 2.31. The van der Waals surface area contributed by atoms with E-state index in [1.165, 1.54) is 0 Å². The molecule has 0 spiro atoms. The number of rotatable bonds is 2. The second kappa shape index (κ2) is 5.46. The zero-order valence-electron chi connectivity index (χ0n) is 11.9. The summed E-state index contributed by atoms with van der Waals surface area (Å²) in [5.74, 6) is -0.0960. The highest BCUT2D eigenvalue weighted by molar-refractivity contribution is 5.98. The van der Waals surface area contributed by atoms with Crippen LogP contribution in [0.3, 0.4) is 0 Å². The van der Waals surface area contributed by atoms with E-state index in [-0.39, 0.29) is 17.9 Å². The van der Waals surface area contributed by atoms with Crippen molar-refractivity contribution in [2.24, 2.45) is 0 Å². The molecule has 0 radical (unpaired) electrons. The number of carbonyl (C=O) groups excluding carboxylic acids is 2. The first-order chi connectivity index (χ1) is 10.1. The quantitative estimate of drug-likeness (QED) is 0.714. The Morgan fingerprint density at radius 3 is 2.86 bits per heavy atom. The van der Waals surface area contributed by atoms with Crippen LogP contribution >= 0.6 is 0 Å². The van der Waals surface area contributed by atoms with Gasteiger partial charge in [0.15, 0.2) is 0 Å². The molecule has 0 aliphatic carbocycles. The van der Waals surface area contributed by atoms with Crippen molar-refractivity contribution < 1.29 is 14.7 Å². The van der Waals surface area contributed by atoms with Gasteiger partial charge >= 0.3 is 0 Å². The van der Waals surface area contributed by atoms with Gasteiger partial charge in [-0.2, -0.15) is 0 Å². The van der Waals surface area contributed by atoms with E-state index < -0.39 is 6.10 Å². The Bertz CT molecular complexity index is 588. The summed E-state index contributed by atoms with van der Waals surface area (Å²) >= 11 is 0. The molecular weight excluding hydrogens is 270 g/mol. The molecule has 2 aliphatic heterocycles. The van der Waals surface area contributed by atoms with Gasteiger partial charge in [-0.1, -0.05) is 0 Å². The van der Waals surface area contributed by atoms with E-state index in [2.05, 4.69) is 10.6 Å². The van der Waals surface area contributed by atoms with Gasteiger partial charge in [-0.3, -0.25) is 9.59 Å². The predicted molar refractivity (Wildman–Crippen MR) is 78.2 cm³/mol. The normalized spacial score (nSPS) is 24.4. The van der Waals surface area contributed by atoms with Gasteiger partial charge in [0.05, 0.1) is 12.1 Å². The molecule has 112 valence electrons. The SMILES string of the molecule is CN(C(=O)c1ccc2c(c1)CCC(=O)N2)[C@H]1CNC[C@@H]1O. The largest absolute Gasteiger partial charge is 0.390 e. The number of benzene rings is 1. The van der Waals surface area contributed by atoms with Crippen LogP contribution in [0.1, 0.15) is 22.3 Å². The number of anilines is 1. The number of aliphatic hydroxyl groups excluding tert-OH is 1. The summed E-state index contributed by atoms with van der Waals surface area (Å²) in [7, 11) is 1.71. The Labute approximate surface area is 123 Å². The topological polar surface area (TPSA) is 81.7 Å². The van der Waals surface area contributed by atoms with Gasteiger partial charge in [0.1, 0.15) is 0 Å². The molecule has 0 bridgehead atoms. The van der Waals surface area contributed by atoms with Crippen LogP contribution in [0.25, 0.3) is 0 Å². The highest BCUT2D eigenvalue weighted by atomic mass is 16.3. The van der Waals surface area contributed by atoms with Crippen LogP contribution in [0.2, 0.25) is 0 Å². The lowest BCUT2D eigenvalue weighted by molar-refractivity contribution is -0.116. The van der Waals surface area contributed by atoms with Gasteiger partial charge in [0.2, 0.25) is 5.91 Å². The molecule has 1 saturated heterocycles. The first-order valence-electron chi connectivity index (χ1n) is 7.15. The summed E-state index contributed by atoms with van der Waals surface area (Å²) in [5, 5.41) is 15.7. The minimum atomic E-state index is -0.532. The third-order valence-corrected chi connectivity index (χ3v) is 4.22. The molecule has 2 atom stereocenters. The van der Waals surface area contributed by atoms with Crippen molar-refractivity contribution in [3.05, 3.63) is 29.3 Å². The average Bonchev–Trinajstić information content (AvgIpc) is 2.91. The fourth-order valence-corrected chi connectivity index (χ4v) is 2.92. The summed E-state index contributed by atoms with van der Waals surface area (Å²) in [6, 6.07) is 5.13. The molecule has 1 aromatic carbocycles. The molecule has 1 aromatic rings. The van der Waals surface area contributed by atoms with Crippen molar-refractivity contribution in [1.82, 2.24) is 10.2 Å². The van der Waals surface area contributed by atoms with E-state index in [9.17, 15) is 14.7 Å². The Balaban J connectivity index is 1.80. The molecule has 6 heteroatoms. The van der Waals surface area contributed by atoms with Crippen molar-refractivity contribution in [2.75, 3.05) is 25.5 Å². The molecule has 6 nitrogen and oxygen atoms in total. The summed E-state index contributed by atoms with van der Waals surface area (Å²) in [6.07, 6.45) is 0.571. The summed E-state index contributed by atoms with van der Waals surface area (Å²) in [6.45, 7) is 1.11. The lowest BCUT2D eigenvalue weighted by Gasteiger charge is -2.27. The zero-order valence-corrected chi connectivity index (χ0v) is 11.9. The van der Waals surface area contributed by atoms with Gasteiger partial charge in [-0.25, -0.2) is 0 Å². The number of carbonyl (C=O) groups is 2. The molecule has 3 N–H and O–H groups in total. The molecule has 2 heterocycles. The van der Waals surface area contributed by atoms with Gasteiger partial charge in [-0.05, 0) is 30.2 Å². The van der Waals surface area contributed by atoms with E-state index in [0.717, 1.165) is 11.3 Å². The van der Waals surface area contributed by atoms with E-state index in [1.807, 2.05) is 6.07 Å². The minimum Gasteiger partial charge on any atom is -0.390 e. The molecule has 0 aromatic heterocycles. The third kappa shape index (κ3) is 2.64.